The molecule has 0 aliphatic rings. The maximum atomic E-state index is 11.4. The van der Waals surface area contributed by atoms with Gasteiger partial charge in [-0.05, 0) is 12.5 Å². The molecular weight excluding hydrogens is 248 g/mol. The lowest BCUT2D eigenvalue weighted by molar-refractivity contribution is 0.112. The molecule has 1 rings (SSSR count). The Kier molecular flexibility index (Phi) is 6.35. The Bertz CT molecular complexity index is 435. The summed E-state index contributed by atoms with van der Waals surface area (Å²) in [7, 11) is 1.48. The normalized spacial score (nSPS) is 9.79. The molecule has 0 aromatic carbocycles. The van der Waals surface area contributed by atoms with Gasteiger partial charge in [0.2, 0.25) is 5.88 Å². The van der Waals surface area contributed by atoms with Gasteiger partial charge in [-0.25, -0.2) is 9.78 Å². The first kappa shape index (κ1) is 14.9. The van der Waals surface area contributed by atoms with E-state index in [9.17, 15) is 9.59 Å². The second kappa shape index (κ2) is 8.07. The van der Waals surface area contributed by atoms with Gasteiger partial charge < -0.3 is 14.8 Å². The first-order valence-electron chi connectivity index (χ1n) is 6.10. The van der Waals surface area contributed by atoms with Crippen molar-refractivity contribution in [2.75, 3.05) is 13.7 Å². The molecule has 0 radical (unpaired) electrons. The van der Waals surface area contributed by atoms with Crippen molar-refractivity contribution in [2.24, 2.45) is 0 Å². The number of aromatic nitrogens is 1. The Balaban J connectivity index is 2.55. The number of ether oxygens (including phenoxy) is 2. The lowest BCUT2D eigenvalue weighted by atomic mass is 10.2. The van der Waals surface area contributed by atoms with Crippen molar-refractivity contribution in [3.8, 4) is 5.88 Å². The molecule has 0 atom stereocenters. The topological polar surface area (TPSA) is 77.5 Å². The molecule has 1 amide bonds. The maximum absolute atomic E-state index is 11.4. The first-order valence-corrected chi connectivity index (χ1v) is 6.10. The van der Waals surface area contributed by atoms with Crippen LogP contribution in [0, 0.1) is 0 Å². The minimum absolute atomic E-state index is 0.197. The second-order valence-electron chi connectivity index (χ2n) is 3.90. The first-order chi connectivity index (χ1) is 9.21. The highest BCUT2D eigenvalue weighted by atomic mass is 16.5. The van der Waals surface area contributed by atoms with Crippen molar-refractivity contribution in [2.45, 2.75) is 26.3 Å². The van der Waals surface area contributed by atoms with E-state index in [4.69, 9.17) is 9.47 Å². The number of pyridine rings is 1. The van der Waals surface area contributed by atoms with Gasteiger partial charge in [0.05, 0.1) is 20.3 Å². The standard InChI is InChI=1S/C13H18N2O4/c1-3-4-5-19-13(17)15-8-11-6-10(9-16)7-14-12(11)18-2/h6-7,9H,3-5,8H2,1-2H3,(H,15,17). The largest absolute Gasteiger partial charge is 0.481 e. The number of unbranched alkanes of at least 4 members (excludes halogenated alkanes) is 1. The molecule has 0 unspecified atom stereocenters. The number of carbonyl (C=O) groups excluding carboxylic acids is 2. The molecule has 0 fully saturated rings. The molecule has 104 valence electrons. The summed E-state index contributed by atoms with van der Waals surface area (Å²) in [6, 6.07) is 1.62. The fourth-order valence-corrected chi connectivity index (χ4v) is 1.42. The van der Waals surface area contributed by atoms with Gasteiger partial charge in [-0.15, -0.1) is 0 Å². The molecule has 1 N–H and O–H groups in total. The highest BCUT2D eigenvalue weighted by Crippen LogP contribution is 2.15. The van der Waals surface area contributed by atoms with Crippen molar-refractivity contribution < 1.29 is 19.1 Å². The molecule has 0 spiro atoms. The van der Waals surface area contributed by atoms with Crippen LogP contribution in [0.4, 0.5) is 4.79 Å². The van der Waals surface area contributed by atoms with Gasteiger partial charge >= 0.3 is 6.09 Å². The van der Waals surface area contributed by atoms with Crippen molar-refractivity contribution in [1.29, 1.82) is 0 Å². The van der Waals surface area contributed by atoms with Gasteiger partial charge in [0, 0.05) is 17.3 Å². The third-order valence-electron chi connectivity index (χ3n) is 2.43. The highest BCUT2D eigenvalue weighted by Gasteiger charge is 2.08. The summed E-state index contributed by atoms with van der Waals surface area (Å²) >= 11 is 0. The Morgan fingerprint density at radius 2 is 2.32 bits per heavy atom. The predicted octanol–water partition coefficient (Wildman–Crippen LogP) is 1.93. The molecule has 6 heteroatoms. The number of aldehydes is 1. The molecule has 1 aromatic rings. The van der Waals surface area contributed by atoms with Crippen molar-refractivity contribution in [3.05, 3.63) is 23.4 Å². The van der Waals surface area contributed by atoms with E-state index in [0.717, 1.165) is 12.8 Å². The minimum Gasteiger partial charge on any atom is -0.481 e. The van der Waals surface area contributed by atoms with Gasteiger partial charge in [-0.3, -0.25) is 4.79 Å². The maximum Gasteiger partial charge on any atom is 0.407 e. The minimum atomic E-state index is -0.494. The zero-order valence-corrected chi connectivity index (χ0v) is 11.1. The van der Waals surface area contributed by atoms with Crippen LogP contribution in [0.5, 0.6) is 5.88 Å². The number of nitrogens with zero attached hydrogens (tertiary/aromatic N) is 1. The van der Waals surface area contributed by atoms with Gasteiger partial charge in [0.25, 0.3) is 0 Å². The van der Waals surface area contributed by atoms with E-state index in [2.05, 4.69) is 10.3 Å². The predicted molar refractivity (Wildman–Crippen MR) is 69.3 cm³/mol. The van der Waals surface area contributed by atoms with E-state index in [0.29, 0.717) is 29.9 Å². The smallest absolute Gasteiger partial charge is 0.407 e. The Morgan fingerprint density at radius 1 is 1.53 bits per heavy atom. The van der Waals surface area contributed by atoms with E-state index >= 15 is 0 Å². The highest BCUT2D eigenvalue weighted by molar-refractivity contribution is 5.75. The summed E-state index contributed by atoms with van der Waals surface area (Å²) in [6.07, 6.45) is 3.41. The van der Waals surface area contributed by atoms with Gasteiger partial charge in [0.1, 0.15) is 0 Å². The summed E-state index contributed by atoms with van der Waals surface area (Å²) in [5.74, 6) is 0.374. The van der Waals surface area contributed by atoms with Crippen molar-refractivity contribution >= 4 is 12.4 Å². The molecule has 1 heterocycles. The third kappa shape index (κ3) is 4.95. The van der Waals surface area contributed by atoms with Crippen LogP contribution in [0.2, 0.25) is 0 Å². The number of alkyl carbamates (subject to hydrolysis) is 1. The summed E-state index contributed by atoms with van der Waals surface area (Å²) < 4.78 is 10.0. The lowest BCUT2D eigenvalue weighted by Crippen LogP contribution is -2.24. The van der Waals surface area contributed by atoms with E-state index in [-0.39, 0.29) is 6.54 Å². The van der Waals surface area contributed by atoms with E-state index in [1.165, 1.54) is 13.3 Å². The summed E-state index contributed by atoms with van der Waals surface area (Å²) in [6.45, 7) is 2.61. The van der Waals surface area contributed by atoms with Crippen molar-refractivity contribution in [3.63, 3.8) is 0 Å². The SMILES string of the molecule is CCCCOC(=O)NCc1cc(C=O)cnc1OC. The van der Waals surface area contributed by atoms with Crippen LogP contribution in [-0.4, -0.2) is 31.1 Å². The quantitative estimate of drug-likeness (QED) is 0.602. The molecule has 0 saturated carbocycles. The zero-order chi connectivity index (χ0) is 14.1. The third-order valence-corrected chi connectivity index (χ3v) is 2.43. The van der Waals surface area contributed by atoms with Crippen LogP contribution in [0.25, 0.3) is 0 Å². The summed E-state index contributed by atoms with van der Waals surface area (Å²) in [5, 5.41) is 2.59. The average molecular weight is 266 g/mol. The van der Waals surface area contributed by atoms with E-state index < -0.39 is 6.09 Å². The number of nitrogens with one attached hydrogen (secondary N) is 1. The number of carbonyl (C=O) groups is 2. The number of rotatable bonds is 7. The monoisotopic (exact) mass is 266 g/mol. The van der Waals surface area contributed by atoms with Gasteiger partial charge in [-0.2, -0.15) is 0 Å². The molecule has 1 aromatic heterocycles. The van der Waals surface area contributed by atoms with Crippen LogP contribution in [0.1, 0.15) is 35.7 Å². The Morgan fingerprint density at radius 3 is 2.95 bits per heavy atom. The van der Waals surface area contributed by atoms with Gasteiger partial charge in [0.15, 0.2) is 6.29 Å². The molecule has 0 aliphatic heterocycles. The Labute approximate surface area is 112 Å². The van der Waals surface area contributed by atoms with E-state index in [1.54, 1.807) is 6.07 Å². The molecule has 0 aliphatic carbocycles. The number of hydrogen-bond donors (Lipinski definition) is 1. The fraction of sp³-hybridized carbons (Fsp3) is 0.462. The van der Waals surface area contributed by atoms with E-state index in [1.807, 2.05) is 6.92 Å². The van der Waals surface area contributed by atoms with Crippen LogP contribution < -0.4 is 10.1 Å². The van der Waals surface area contributed by atoms with Crippen LogP contribution in [0.15, 0.2) is 12.3 Å². The average Bonchev–Trinajstić information content (AvgIpc) is 2.45. The fourth-order valence-electron chi connectivity index (χ4n) is 1.42. The number of methoxy groups -OCH3 is 1. The van der Waals surface area contributed by atoms with Crippen LogP contribution in [0.3, 0.4) is 0 Å². The Hall–Kier alpha value is -2.11. The van der Waals surface area contributed by atoms with Crippen LogP contribution in [-0.2, 0) is 11.3 Å². The molecule has 19 heavy (non-hydrogen) atoms. The molecule has 0 bridgehead atoms. The number of amides is 1. The molecule has 0 saturated heterocycles. The zero-order valence-electron chi connectivity index (χ0n) is 11.1. The van der Waals surface area contributed by atoms with Crippen LogP contribution >= 0.6 is 0 Å². The second-order valence-corrected chi connectivity index (χ2v) is 3.90. The molecule has 6 nitrogen and oxygen atoms in total. The summed E-state index contributed by atoms with van der Waals surface area (Å²) in [5.41, 5.74) is 1.05. The van der Waals surface area contributed by atoms with Crippen molar-refractivity contribution in [1.82, 2.24) is 10.3 Å². The number of hydrogen-bond acceptors (Lipinski definition) is 5. The summed E-state index contributed by atoms with van der Waals surface area (Å²) in [4.78, 5) is 26.0. The lowest BCUT2D eigenvalue weighted by Gasteiger charge is -2.09. The molecular formula is C13H18N2O4. The van der Waals surface area contributed by atoms with Gasteiger partial charge in [-0.1, -0.05) is 13.3 Å².